The SMILES string of the molecule is CC(C)C[C@H](CO)N1C(=O)[C@@H]2[C@@H](C(=O)NCc3ccccc3)[C@@]3(C)CCC2(S3)C1C(=O)NCCN1CCOCC1. The number of likely N-dealkylation sites (tertiary alicyclic amines) is 1. The Hall–Kier alpha value is -2.14. The van der Waals surface area contributed by atoms with E-state index in [4.69, 9.17) is 4.74 Å². The van der Waals surface area contributed by atoms with Crippen molar-refractivity contribution in [1.29, 1.82) is 0 Å². The fraction of sp³-hybridized carbons (Fsp3) is 0.700. The second kappa shape index (κ2) is 12.0. The number of morpholine rings is 1. The van der Waals surface area contributed by atoms with Crippen LogP contribution in [-0.4, -0.2) is 100 Å². The first-order valence-corrected chi connectivity index (χ1v) is 15.5. The molecule has 220 valence electrons. The van der Waals surface area contributed by atoms with Gasteiger partial charge in [0.05, 0.1) is 42.4 Å². The van der Waals surface area contributed by atoms with Crippen molar-refractivity contribution in [2.45, 2.75) is 68.2 Å². The topological polar surface area (TPSA) is 111 Å². The summed E-state index contributed by atoms with van der Waals surface area (Å²) in [6.07, 6.45) is 2.06. The van der Waals surface area contributed by atoms with Crippen molar-refractivity contribution in [1.82, 2.24) is 20.4 Å². The quantitative estimate of drug-likeness (QED) is 0.370. The molecule has 1 spiro atoms. The first-order chi connectivity index (χ1) is 19.2. The van der Waals surface area contributed by atoms with Gasteiger partial charge in [-0.15, -0.1) is 11.8 Å². The minimum Gasteiger partial charge on any atom is -0.394 e. The number of aliphatic hydroxyl groups excluding tert-OH is 1. The van der Waals surface area contributed by atoms with Gasteiger partial charge >= 0.3 is 0 Å². The van der Waals surface area contributed by atoms with Crippen molar-refractivity contribution in [3.05, 3.63) is 35.9 Å². The molecule has 4 heterocycles. The molecule has 0 aromatic heterocycles. The third-order valence-corrected chi connectivity index (χ3v) is 11.2. The van der Waals surface area contributed by atoms with Gasteiger partial charge in [0.2, 0.25) is 17.7 Å². The van der Waals surface area contributed by atoms with E-state index in [1.54, 1.807) is 16.7 Å². The molecule has 40 heavy (non-hydrogen) atoms. The number of carbonyl (C=O) groups is 3. The lowest BCUT2D eigenvalue weighted by molar-refractivity contribution is -0.143. The van der Waals surface area contributed by atoms with E-state index in [-0.39, 0.29) is 30.2 Å². The van der Waals surface area contributed by atoms with Gasteiger partial charge in [0.25, 0.3) is 0 Å². The molecule has 0 saturated carbocycles. The number of rotatable bonds is 11. The van der Waals surface area contributed by atoms with E-state index in [0.29, 0.717) is 39.1 Å². The number of nitrogens with zero attached hydrogens (tertiary/aromatic N) is 2. The smallest absolute Gasteiger partial charge is 0.244 e. The highest BCUT2D eigenvalue weighted by Gasteiger charge is 2.77. The maximum absolute atomic E-state index is 14.3. The third-order valence-electron chi connectivity index (χ3n) is 9.23. The number of fused-ring (bicyclic) bond motifs is 1. The Morgan fingerprint density at radius 2 is 1.85 bits per heavy atom. The van der Waals surface area contributed by atoms with E-state index in [9.17, 15) is 19.5 Å². The summed E-state index contributed by atoms with van der Waals surface area (Å²) >= 11 is 1.67. The van der Waals surface area contributed by atoms with E-state index >= 15 is 0 Å². The molecule has 4 saturated heterocycles. The van der Waals surface area contributed by atoms with Crippen molar-refractivity contribution >= 4 is 29.5 Å². The number of hydrogen-bond acceptors (Lipinski definition) is 7. The minimum atomic E-state index is -0.718. The highest BCUT2D eigenvalue weighted by Crippen LogP contribution is 2.71. The van der Waals surface area contributed by atoms with Gasteiger partial charge in [-0.05, 0) is 37.7 Å². The maximum atomic E-state index is 14.3. The Bertz CT molecular complexity index is 1080. The number of benzene rings is 1. The molecule has 4 aliphatic heterocycles. The number of aliphatic hydroxyl groups is 1. The van der Waals surface area contributed by atoms with Crippen LogP contribution >= 0.6 is 11.8 Å². The van der Waals surface area contributed by atoms with Gasteiger partial charge in [0, 0.05) is 37.5 Å². The zero-order valence-corrected chi connectivity index (χ0v) is 24.8. The van der Waals surface area contributed by atoms with Gasteiger partial charge in [-0.1, -0.05) is 44.2 Å². The second-order valence-electron chi connectivity index (χ2n) is 12.4. The molecule has 4 fully saturated rings. The van der Waals surface area contributed by atoms with Crippen LogP contribution in [0.15, 0.2) is 30.3 Å². The largest absolute Gasteiger partial charge is 0.394 e. The average Bonchev–Trinajstić information content (AvgIpc) is 3.52. The Balaban J connectivity index is 1.40. The van der Waals surface area contributed by atoms with Crippen LogP contribution < -0.4 is 10.6 Å². The van der Waals surface area contributed by atoms with Gasteiger partial charge in [-0.2, -0.15) is 0 Å². The van der Waals surface area contributed by atoms with Crippen LogP contribution in [0.25, 0.3) is 0 Å². The molecule has 4 aliphatic rings. The molecule has 0 radical (unpaired) electrons. The van der Waals surface area contributed by atoms with Crippen molar-refractivity contribution < 1.29 is 24.2 Å². The van der Waals surface area contributed by atoms with Crippen LogP contribution in [0.5, 0.6) is 0 Å². The van der Waals surface area contributed by atoms with E-state index in [2.05, 4.69) is 36.3 Å². The normalized spacial score (nSPS) is 32.4. The number of nitrogens with one attached hydrogen (secondary N) is 2. The van der Waals surface area contributed by atoms with Crippen LogP contribution in [0.1, 0.15) is 45.6 Å². The lowest BCUT2D eigenvalue weighted by Gasteiger charge is -2.37. The van der Waals surface area contributed by atoms with Crippen LogP contribution in [0.2, 0.25) is 0 Å². The molecule has 3 amide bonds. The summed E-state index contributed by atoms with van der Waals surface area (Å²) in [6, 6.07) is 8.57. The first-order valence-electron chi connectivity index (χ1n) is 14.7. The number of ether oxygens (including phenoxy) is 1. The highest BCUT2D eigenvalue weighted by atomic mass is 32.2. The Labute approximate surface area is 241 Å². The number of thioether (sulfide) groups is 1. The molecule has 9 nitrogen and oxygen atoms in total. The number of carbonyl (C=O) groups excluding carboxylic acids is 3. The highest BCUT2D eigenvalue weighted by molar-refractivity contribution is 8.02. The molecule has 6 atom stereocenters. The summed E-state index contributed by atoms with van der Waals surface area (Å²) in [5.41, 5.74) is 1.00. The fourth-order valence-corrected chi connectivity index (χ4v) is 9.77. The molecule has 3 N–H and O–H groups in total. The van der Waals surface area contributed by atoms with Crippen LogP contribution in [0.4, 0.5) is 0 Å². The van der Waals surface area contributed by atoms with Crippen molar-refractivity contribution in [3.63, 3.8) is 0 Å². The number of amides is 3. The van der Waals surface area contributed by atoms with Crippen LogP contribution in [0, 0.1) is 17.8 Å². The van der Waals surface area contributed by atoms with E-state index in [0.717, 1.165) is 31.6 Å². The van der Waals surface area contributed by atoms with Crippen molar-refractivity contribution in [3.8, 4) is 0 Å². The lowest BCUT2D eigenvalue weighted by atomic mass is 9.66. The summed E-state index contributed by atoms with van der Waals surface area (Å²) in [5.74, 6) is -1.36. The number of hydrogen-bond donors (Lipinski definition) is 3. The maximum Gasteiger partial charge on any atom is 0.244 e. The molecule has 1 aromatic carbocycles. The summed E-state index contributed by atoms with van der Waals surface area (Å²) in [4.78, 5) is 46.1. The molecule has 1 aromatic rings. The molecular formula is C30H44N4O5S. The monoisotopic (exact) mass is 572 g/mol. The molecule has 10 heteroatoms. The second-order valence-corrected chi connectivity index (χ2v) is 14.3. The summed E-state index contributed by atoms with van der Waals surface area (Å²) in [5, 5.41) is 16.7. The average molecular weight is 573 g/mol. The van der Waals surface area contributed by atoms with E-state index < -0.39 is 33.4 Å². The van der Waals surface area contributed by atoms with Crippen LogP contribution in [0.3, 0.4) is 0 Å². The minimum absolute atomic E-state index is 0.128. The van der Waals surface area contributed by atoms with Crippen LogP contribution in [-0.2, 0) is 25.7 Å². The molecule has 5 rings (SSSR count). The molecule has 2 bridgehead atoms. The van der Waals surface area contributed by atoms with E-state index in [1.807, 2.05) is 30.3 Å². The molecule has 0 aliphatic carbocycles. The van der Waals surface area contributed by atoms with Crippen molar-refractivity contribution in [2.75, 3.05) is 46.0 Å². The predicted octanol–water partition coefficient (Wildman–Crippen LogP) is 1.64. The summed E-state index contributed by atoms with van der Waals surface area (Å²) in [6.45, 7) is 10.6. The standard InChI is InChI=1S/C30H44N4O5S/c1-20(2)17-22(19-35)34-25(27(37)31-11-12-33-13-15-39-16-14-33)30-10-9-29(3,40-30)23(24(30)28(34)38)26(36)32-18-21-7-5-4-6-8-21/h4-8,20,22-25,35H,9-19H2,1-3H3,(H,31,37)(H,32,36)/t22-,23+,24+,25?,29-,30?/m1/s1. The Morgan fingerprint density at radius 3 is 2.52 bits per heavy atom. The van der Waals surface area contributed by atoms with Gasteiger partial charge in [-0.3, -0.25) is 19.3 Å². The fourth-order valence-electron chi connectivity index (χ4n) is 7.43. The Kier molecular flexibility index (Phi) is 8.80. The molecular weight excluding hydrogens is 528 g/mol. The van der Waals surface area contributed by atoms with Gasteiger partial charge in [0.15, 0.2) is 0 Å². The summed E-state index contributed by atoms with van der Waals surface area (Å²) in [7, 11) is 0. The Morgan fingerprint density at radius 1 is 1.12 bits per heavy atom. The van der Waals surface area contributed by atoms with Gasteiger partial charge in [-0.25, -0.2) is 0 Å². The third kappa shape index (κ3) is 5.40. The van der Waals surface area contributed by atoms with Crippen molar-refractivity contribution in [2.24, 2.45) is 17.8 Å². The van der Waals surface area contributed by atoms with E-state index in [1.165, 1.54) is 0 Å². The van der Waals surface area contributed by atoms with Gasteiger partial charge < -0.3 is 25.4 Å². The molecule has 2 unspecified atom stereocenters. The predicted molar refractivity (Wildman–Crippen MR) is 154 cm³/mol. The van der Waals surface area contributed by atoms with Gasteiger partial charge in [0.1, 0.15) is 6.04 Å². The first kappa shape index (κ1) is 29.4. The summed E-state index contributed by atoms with van der Waals surface area (Å²) < 4.78 is 4.32. The lowest BCUT2D eigenvalue weighted by Crippen LogP contribution is -2.57. The zero-order valence-electron chi connectivity index (χ0n) is 23.9. The zero-order chi connectivity index (χ0) is 28.5.